The summed E-state index contributed by atoms with van der Waals surface area (Å²) < 4.78 is 57.3. The minimum Gasteiger partial charge on any atom is -0.461 e. The monoisotopic (exact) mass is 514 g/mol. The van der Waals surface area contributed by atoms with Gasteiger partial charge in [-0.1, -0.05) is 12.1 Å². The van der Waals surface area contributed by atoms with E-state index in [1.807, 2.05) is 13.8 Å². The molecule has 0 N–H and O–H groups in total. The topological polar surface area (TPSA) is 84.7 Å². The second kappa shape index (κ2) is 8.80. The maximum atomic E-state index is 13.5. The molecule has 0 saturated carbocycles. The first-order chi connectivity index (χ1) is 17.7. The molecule has 2 saturated heterocycles. The third-order valence-electron chi connectivity index (χ3n) is 6.56. The summed E-state index contributed by atoms with van der Waals surface area (Å²) in [4.78, 5) is 22.1. The highest BCUT2D eigenvalue weighted by Crippen LogP contribution is 2.34. The summed E-state index contributed by atoms with van der Waals surface area (Å²) in [5.41, 5.74) is 0.892. The molecule has 1 aromatic carbocycles. The van der Waals surface area contributed by atoms with Gasteiger partial charge in [-0.05, 0) is 32.4 Å². The molecule has 0 amide bonds. The summed E-state index contributed by atoms with van der Waals surface area (Å²) in [6, 6.07) is 5.36. The molecule has 12 heteroatoms. The van der Waals surface area contributed by atoms with Crippen LogP contribution in [0.3, 0.4) is 0 Å². The highest BCUT2D eigenvalue weighted by atomic mass is 19.4. The summed E-state index contributed by atoms with van der Waals surface area (Å²) in [5.74, 6) is 0.271. The first-order valence-electron chi connectivity index (χ1n) is 12.0. The van der Waals surface area contributed by atoms with E-state index in [1.165, 1.54) is 6.07 Å². The van der Waals surface area contributed by atoms with E-state index in [2.05, 4.69) is 19.9 Å². The van der Waals surface area contributed by atoms with Crippen LogP contribution in [0.5, 0.6) is 6.01 Å². The summed E-state index contributed by atoms with van der Waals surface area (Å²) in [6.45, 7) is 5.94. The maximum Gasteiger partial charge on any atom is 0.416 e. The molecule has 0 unspecified atom stereocenters. The van der Waals surface area contributed by atoms with Gasteiger partial charge in [0.25, 0.3) is 0 Å². The van der Waals surface area contributed by atoms with Crippen molar-refractivity contribution in [1.82, 2.24) is 14.9 Å². The Bertz CT molecular complexity index is 1290. The van der Waals surface area contributed by atoms with E-state index in [9.17, 15) is 13.2 Å². The van der Waals surface area contributed by atoms with Crippen LogP contribution >= 0.6 is 0 Å². The highest BCUT2D eigenvalue weighted by molar-refractivity contribution is 6.30. The zero-order chi connectivity index (χ0) is 25.8. The van der Waals surface area contributed by atoms with Crippen molar-refractivity contribution in [1.29, 1.82) is 0 Å². The largest absolute Gasteiger partial charge is 0.461 e. The Morgan fingerprint density at radius 3 is 2.70 bits per heavy atom. The quantitative estimate of drug-likeness (QED) is 0.603. The molecule has 0 radical (unpaired) electrons. The first-order valence-corrected chi connectivity index (χ1v) is 12.0. The summed E-state index contributed by atoms with van der Waals surface area (Å²) >= 11 is 0. The molecule has 0 aliphatic carbocycles. The fourth-order valence-electron chi connectivity index (χ4n) is 4.83. The number of aliphatic imine (C=N–C) groups is 2. The van der Waals surface area contributed by atoms with Gasteiger partial charge >= 0.3 is 12.2 Å². The number of aromatic nitrogens is 2. The third kappa shape index (κ3) is 4.66. The number of nitrogens with zero attached hydrogens (tertiary/aromatic N) is 6. The minimum atomic E-state index is -4.48. The van der Waals surface area contributed by atoms with Crippen LogP contribution in [-0.4, -0.2) is 70.8 Å². The van der Waals surface area contributed by atoms with Gasteiger partial charge in [-0.3, -0.25) is 9.89 Å². The predicted octanol–water partition coefficient (Wildman–Crippen LogP) is 3.62. The number of halogens is 3. The van der Waals surface area contributed by atoms with E-state index in [1.54, 1.807) is 29.6 Å². The molecule has 2 atom stereocenters. The lowest BCUT2D eigenvalue weighted by Crippen LogP contribution is -2.47. The van der Waals surface area contributed by atoms with E-state index in [-0.39, 0.29) is 24.8 Å². The lowest BCUT2D eigenvalue weighted by atomic mass is 10.1. The molecule has 0 spiro atoms. The van der Waals surface area contributed by atoms with Crippen molar-refractivity contribution in [3.05, 3.63) is 59.7 Å². The van der Waals surface area contributed by atoms with Gasteiger partial charge in [-0.25, -0.2) is 15.0 Å². The Labute approximate surface area is 211 Å². The van der Waals surface area contributed by atoms with Gasteiger partial charge in [0.15, 0.2) is 11.6 Å². The lowest BCUT2D eigenvalue weighted by Gasteiger charge is -2.36. The lowest BCUT2D eigenvalue weighted by molar-refractivity contribution is -0.141. The summed E-state index contributed by atoms with van der Waals surface area (Å²) in [5, 5.41) is 0. The van der Waals surface area contributed by atoms with Crippen LogP contribution in [-0.2, 0) is 15.7 Å². The zero-order valence-electron chi connectivity index (χ0n) is 20.3. The zero-order valence-corrected chi connectivity index (χ0v) is 20.3. The Kier molecular flexibility index (Phi) is 5.68. The molecule has 37 heavy (non-hydrogen) atoms. The van der Waals surface area contributed by atoms with Crippen molar-refractivity contribution in [3.8, 4) is 6.01 Å². The van der Waals surface area contributed by atoms with Gasteiger partial charge in [0.05, 0.1) is 48.2 Å². The maximum absolute atomic E-state index is 13.5. The number of rotatable bonds is 5. The van der Waals surface area contributed by atoms with Crippen LogP contribution < -0.4 is 9.64 Å². The smallest absolute Gasteiger partial charge is 0.416 e. The second-order valence-electron chi connectivity index (χ2n) is 9.71. The van der Waals surface area contributed by atoms with Crippen LogP contribution in [0.25, 0.3) is 0 Å². The van der Waals surface area contributed by atoms with E-state index in [0.717, 1.165) is 37.3 Å². The van der Waals surface area contributed by atoms with Gasteiger partial charge < -0.3 is 19.1 Å². The van der Waals surface area contributed by atoms with Crippen molar-refractivity contribution in [2.75, 3.05) is 31.2 Å². The number of hydrogen-bond donors (Lipinski definition) is 0. The molecule has 2 fully saturated rings. The van der Waals surface area contributed by atoms with Crippen molar-refractivity contribution >= 4 is 17.4 Å². The molecule has 6 rings (SSSR count). The van der Waals surface area contributed by atoms with Crippen LogP contribution in [0.4, 0.5) is 18.9 Å². The Hall–Kier alpha value is -3.51. The Balaban J connectivity index is 1.31. The molecular weight excluding hydrogens is 489 g/mol. The number of amidine groups is 2. The van der Waals surface area contributed by atoms with Gasteiger partial charge in [0.1, 0.15) is 18.5 Å². The Morgan fingerprint density at radius 2 is 1.97 bits per heavy atom. The van der Waals surface area contributed by atoms with Gasteiger partial charge in [0.2, 0.25) is 0 Å². The molecule has 4 aliphatic heterocycles. The van der Waals surface area contributed by atoms with Crippen LogP contribution in [0.1, 0.15) is 31.4 Å². The first kappa shape index (κ1) is 23.9. The molecule has 9 nitrogen and oxygen atoms in total. The fourth-order valence-corrected chi connectivity index (χ4v) is 4.83. The summed E-state index contributed by atoms with van der Waals surface area (Å²) in [6.07, 6.45) is 0.970. The van der Waals surface area contributed by atoms with Gasteiger partial charge in [0, 0.05) is 18.7 Å². The van der Waals surface area contributed by atoms with E-state index >= 15 is 0 Å². The number of fused-ring (bicyclic) bond motifs is 4. The van der Waals surface area contributed by atoms with Crippen molar-refractivity contribution < 1.29 is 27.4 Å². The van der Waals surface area contributed by atoms with Crippen LogP contribution in [0.2, 0.25) is 0 Å². The van der Waals surface area contributed by atoms with Crippen LogP contribution in [0.15, 0.2) is 58.5 Å². The average molecular weight is 515 g/mol. The predicted molar refractivity (Wildman–Crippen MR) is 128 cm³/mol. The second-order valence-corrected chi connectivity index (χ2v) is 9.71. The van der Waals surface area contributed by atoms with Crippen LogP contribution in [0, 0.1) is 0 Å². The van der Waals surface area contributed by atoms with E-state index < -0.39 is 17.5 Å². The van der Waals surface area contributed by atoms with Crippen molar-refractivity contribution in [2.24, 2.45) is 9.98 Å². The molecule has 2 aromatic rings. The molecule has 2 bridgehead atoms. The number of ether oxygens (including phenoxy) is 3. The number of alkyl halides is 3. The van der Waals surface area contributed by atoms with Gasteiger partial charge in [-0.15, -0.1) is 0 Å². The fraction of sp³-hybridized carbons (Fsp3) is 0.440. The number of benzene rings is 1. The van der Waals surface area contributed by atoms with E-state index in [0.29, 0.717) is 29.5 Å². The van der Waals surface area contributed by atoms with Crippen molar-refractivity contribution in [3.63, 3.8) is 0 Å². The molecular formula is C25H25F3N6O3. The average Bonchev–Trinajstić information content (AvgIpc) is 3.43. The summed E-state index contributed by atoms with van der Waals surface area (Å²) in [7, 11) is 0. The third-order valence-corrected chi connectivity index (χ3v) is 6.56. The normalized spacial score (nSPS) is 24.4. The highest BCUT2D eigenvalue weighted by Gasteiger charge is 2.39. The van der Waals surface area contributed by atoms with Crippen molar-refractivity contribution in [2.45, 2.75) is 44.4 Å². The number of hydrogen-bond acceptors (Lipinski definition) is 9. The SMILES string of the molecule is CC1(C)OC[C@H](COc2ncc(N3C4=N[C@H]5CCN(C5)C4=CN=C3c3cccc(C(F)(F)F)c3)cn2)O1. The minimum absolute atomic E-state index is 0.108. The van der Waals surface area contributed by atoms with Gasteiger partial charge in [-0.2, -0.15) is 13.2 Å². The Morgan fingerprint density at radius 1 is 1.16 bits per heavy atom. The molecule has 194 valence electrons. The van der Waals surface area contributed by atoms with E-state index in [4.69, 9.17) is 19.2 Å². The standard InChI is InChI=1S/C25H25F3N6O3/c1-24(2)36-14-19(37-24)13-35-23-30-9-18(10-31-23)34-21(15-4-3-5-16(8-15)25(26,27)28)29-11-20-22(34)32-17-6-7-33(20)12-17/h3-5,8-11,17,19H,6-7,12-14H2,1-2H3/t17-,19-/m0/s1. The molecule has 4 aliphatic rings. The number of anilines is 1. The molecule has 1 aromatic heterocycles. The molecule has 5 heterocycles.